The molecule has 0 bridgehead atoms. The van der Waals surface area contributed by atoms with Crippen LogP contribution in [0.5, 0.6) is 0 Å². The lowest BCUT2D eigenvalue weighted by Crippen LogP contribution is -1.94. The number of thiazole rings is 1. The smallest absolute Gasteiger partial charge is 0.347 e. The Morgan fingerprint density at radius 2 is 2.00 bits per heavy atom. The first kappa shape index (κ1) is 14.2. The lowest BCUT2D eigenvalue weighted by atomic mass is 10.1. The number of rotatable bonds is 4. The van der Waals surface area contributed by atoms with Gasteiger partial charge in [-0.25, -0.2) is 9.78 Å². The summed E-state index contributed by atoms with van der Waals surface area (Å²) in [7, 11) is 0. The highest BCUT2D eigenvalue weighted by Gasteiger charge is 2.12. The summed E-state index contributed by atoms with van der Waals surface area (Å²) in [4.78, 5) is 15.5. The highest BCUT2D eigenvalue weighted by Crippen LogP contribution is 2.20. The molecule has 1 heterocycles. The predicted octanol–water partition coefficient (Wildman–Crippen LogP) is 4.27. The Morgan fingerprint density at radius 1 is 1.30 bits per heavy atom. The van der Waals surface area contributed by atoms with Crippen molar-refractivity contribution in [3.05, 3.63) is 63.1 Å². The number of aryl methyl sites for hydroxylation is 1. The van der Waals surface area contributed by atoms with Crippen LogP contribution < -0.4 is 0 Å². The van der Waals surface area contributed by atoms with Gasteiger partial charge in [-0.3, -0.25) is 0 Å². The zero-order chi connectivity index (χ0) is 14.5. The van der Waals surface area contributed by atoms with Crippen molar-refractivity contribution in [2.24, 2.45) is 0 Å². The first-order valence-corrected chi connectivity index (χ1v) is 7.00. The average molecular weight is 285 g/mol. The molecule has 0 spiro atoms. The minimum absolute atomic E-state index is 0.300. The first-order valence-electron chi connectivity index (χ1n) is 6.18. The van der Waals surface area contributed by atoms with Crippen LogP contribution >= 0.6 is 11.3 Å². The molecule has 0 saturated carbocycles. The van der Waals surface area contributed by atoms with Crippen molar-refractivity contribution in [2.45, 2.75) is 13.8 Å². The third kappa shape index (κ3) is 3.65. The first-order chi connectivity index (χ1) is 9.56. The van der Waals surface area contributed by atoms with Gasteiger partial charge in [0, 0.05) is 0 Å². The van der Waals surface area contributed by atoms with Gasteiger partial charge in [-0.05, 0) is 25.5 Å². The van der Waals surface area contributed by atoms with Gasteiger partial charge >= 0.3 is 5.97 Å². The molecule has 1 aromatic heterocycles. The van der Waals surface area contributed by atoms with Crippen molar-refractivity contribution in [1.82, 2.24) is 4.98 Å². The molecule has 4 heteroatoms. The third-order valence-electron chi connectivity index (χ3n) is 2.69. The summed E-state index contributed by atoms with van der Waals surface area (Å²) in [6.45, 7) is 3.71. The number of carboxylic acid groups (broad SMARTS) is 1. The number of carboxylic acids is 1. The maximum absolute atomic E-state index is 10.9. The quantitative estimate of drug-likeness (QED) is 0.854. The van der Waals surface area contributed by atoms with E-state index in [0.717, 1.165) is 11.1 Å². The number of nitrogens with zero attached hydrogens (tertiary/aromatic N) is 1. The summed E-state index contributed by atoms with van der Waals surface area (Å²) in [6.07, 6.45) is 5.85. The number of aromatic nitrogens is 1. The molecule has 20 heavy (non-hydrogen) atoms. The molecule has 2 rings (SSSR count). The fourth-order valence-electron chi connectivity index (χ4n) is 1.75. The number of carbonyl (C=O) groups is 1. The molecule has 0 radical (unpaired) electrons. The molecule has 3 nitrogen and oxygen atoms in total. The van der Waals surface area contributed by atoms with Crippen molar-refractivity contribution in [2.75, 3.05) is 0 Å². The molecule has 1 N–H and O–H groups in total. The average Bonchev–Trinajstić information content (AvgIpc) is 2.79. The molecular formula is C16H15NO2S. The van der Waals surface area contributed by atoms with Gasteiger partial charge in [-0.2, -0.15) is 0 Å². The van der Waals surface area contributed by atoms with Crippen LogP contribution in [0.25, 0.3) is 12.2 Å². The van der Waals surface area contributed by atoms with E-state index in [9.17, 15) is 4.79 Å². The molecule has 0 aliphatic carbocycles. The predicted molar refractivity (Wildman–Crippen MR) is 82.9 cm³/mol. The van der Waals surface area contributed by atoms with Crippen LogP contribution in [0.4, 0.5) is 0 Å². The Balaban J connectivity index is 2.15. The SMILES string of the molecule is CC(/C=C/c1nc(C)c(C(=O)O)s1)=C\c1ccccc1. The van der Waals surface area contributed by atoms with Crippen LogP contribution in [0.15, 0.2) is 42.0 Å². The molecule has 0 aliphatic heterocycles. The van der Waals surface area contributed by atoms with E-state index in [-0.39, 0.29) is 0 Å². The lowest BCUT2D eigenvalue weighted by Gasteiger charge is -1.94. The summed E-state index contributed by atoms with van der Waals surface area (Å²) in [5.74, 6) is -0.920. The number of allylic oxidation sites excluding steroid dienone is 2. The molecule has 0 aliphatic rings. The van der Waals surface area contributed by atoms with Crippen LogP contribution in [-0.4, -0.2) is 16.1 Å². The van der Waals surface area contributed by atoms with E-state index < -0.39 is 5.97 Å². The standard InChI is InChI=1S/C16H15NO2S/c1-11(10-13-6-4-3-5-7-13)8-9-14-17-12(2)15(20-14)16(18)19/h3-10H,1-2H3,(H,18,19)/b9-8+,11-10+. The van der Waals surface area contributed by atoms with Gasteiger partial charge in [0.15, 0.2) is 0 Å². The largest absolute Gasteiger partial charge is 0.477 e. The van der Waals surface area contributed by atoms with Crippen LogP contribution in [0.3, 0.4) is 0 Å². The van der Waals surface area contributed by atoms with Crippen molar-refractivity contribution in [3.63, 3.8) is 0 Å². The van der Waals surface area contributed by atoms with Gasteiger partial charge in [0.2, 0.25) is 0 Å². The molecule has 0 saturated heterocycles. The molecule has 2 aromatic rings. The molecule has 0 fully saturated rings. The normalized spacial score (nSPS) is 12.0. The van der Waals surface area contributed by atoms with Crippen LogP contribution in [0.1, 0.15) is 32.9 Å². The maximum atomic E-state index is 10.9. The van der Waals surface area contributed by atoms with E-state index in [0.29, 0.717) is 15.6 Å². The van der Waals surface area contributed by atoms with Crippen LogP contribution in [0.2, 0.25) is 0 Å². The van der Waals surface area contributed by atoms with Crippen molar-refractivity contribution >= 4 is 29.5 Å². The van der Waals surface area contributed by atoms with E-state index in [1.54, 1.807) is 6.92 Å². The van der Waals surface area contributed by atoms with E-state index in [1.165, 1.54) is 11.3 Å². The summed E-state index contributed by atoms with van der Waals surface area (Å²) in [5, 5.41) is 9.70. The topological polar surface area (TPSA) is 50.2 Å². The minimum Gasteiger partial charge on any atom is -0.477 e. The van der Waals surface area contributed by atoms with Gasteiger partial charge in [0.1, 0.15) is 9.88 Å². The van der Waals surface area contributed by atoms with E-state index >= 15 is 0 Å². The zero-order valence-corrected chi connectivity index (χ0v) is 12.1. The van der Waals surface area contributed by atoms with Crippen molar-refractivity contribution in [1.29, 1.82) is 0 Å². The minimum atomic E-state index is -0.920. The van der Waals surface area contributed by atoms with Gasteiger partial charge < -0.3 is 5.11 Å². The van der Waals surface area contributed by atoms with E-state index in [4.69, 9.17) is 5.11 Å². The van der Waals surface area contributed by atoms with Gasteiger partial charge in [-0.15, -0.1) is 11.3 Å². The second-order valence-electron chi connectivity index (χ2n) is 4.40. The molecule has 0 amide bonds. The van der Waals surface area contributed by atoms with Crippen molar-refractivity contribution < 1.29 is 9.90 Å². The third-order valence-corrected chi connectivity index (χ3v) is 3.80. The molecule has 1 aromatic carbocycles. The number of hydrogen-bond donors (Lipinski definition) is 1. The fourth-order valence-corrected chi connectivity index (χ4v) is 2.56. The van der Waals surface area contributed by atoms with Gasteiger partial charge in [-0.1, -0.05) is 48.1 Å². The maximum Gasteiger partial charge on any atom is 0.347 e. The Kier molecular flexibility index (Phi) is 4.48. The van der Waals surface area contributed by atoms with E-state index in [2.05, 4.69) is 11.1 Å². The highest BCUT2D eigenvalue weighted by molar-refractivity contribution is 7.14. The number of benzene rings is 1. The Bertz CT molecular complexity index is 669. The monoisotopic (exact) mass is 285 g/mol. The van der Waals surface area contributed by atoms with Crippen LogP contribution in [0, 0.1) is 6.92 Å². The second-order valence-corrected chi connectivity index (χ2v) is 5.43. The summed E-state index contributed by atoms with van der Waals surface area (Å²) in [6, 6.07) is 10.0. The molecule has 102 valence electrons. The number of hydrogen-bond acceptors (Lipinski definition) is 3. The summed E-state index contributed by atoms with van der Waals surface area (Å²) in [5.41, 5.74) is 2.78. The molecule has 0 atom stereocenters. The van der Waals surface area contributed by atoms with Crippen molar-refractivity contribution in [3.8, 4) is 0 Å². The highest BCUT2D eigenvalue weighted by atomic mass is 32.1. The molecular weight excluding hydrogens is 270 g/mol. The zero-order valence-electron chi connectivity index (χ0n) is 11.3. The summed E-state index contributed by atoms with van der Waals surface area (Å²) >= 11 is 1.19. The van der Waals surface area contributed by atoms with Gasteiger partial charge in [0.05, 0.1) is 5.69 Å². The Morgan fingerprint density at radius 3 is 2.60 bits per heavy atom. The van der Waals surface area contributed by atoms with Crippen LogP contribution in [-0.2, 0) is 0 Å². The van der Waals surface area contributed by atoms with Gasteiger partial charge in [0.25, 0.3) is 0 Å². The van der Waals surface area contributed by atoms with E-state index in [1.807, 2.05) is 49.4 Å². The second kappa shape index (κ2) is 6.30. The Labute approximate surface area is 121 Å². The molecule has 0 unspecified atom stereocenters. The lowest BCUT2D eigenvalue weighted by molar-refractivity contribution is 0.0701. The Hall–Kier alpha value is -2.20. The number of aromatic carboxylic acids is 1. The fraction of sp³-hybridized carbons (Fsp3) is 0.125. The summed E-state index contributed by atoms with van der Waals surface area (Å²) < 4.78 is 0.